The van der Waals surface area contributed by atoms with E-state index in [4.69, 9.17) is 0 Å². The first-order chi connectivity index (χ1) is 7.36. The van der Waals surface area contributed by atoms with E-state index in [-0.39, 0.29) is 18.3 Å². The van der Waals surface area contributed by atoms with E-state index in [1.54, 1.807) is 11.3 Å². The van der Waals surface area contributed by atoms with Crippen LogP contribution in [0.15, 0.2) is 47.8 Å². The van der Waals surface area contributed by atoms with Gasteiger partial charge in [0.15, 0.2) is 0 Å². The zero-order chi connectivity index (χ0) is 10.5. The zero-order valence-corrected chi connectivity index (χ0v) is 10.2. The number of benzene rings is 1. The zero-order valence-electron chi connectivity index (χ0n) is 8.55. The first kappa shape index (κ1) is 12.7. The van der Waals surface area contributed by atoms with Crippen molar-refractivity contribution in [2.24, 2.45) is 0 Å². The van der Waals surface area contributed by atoms with Gasteiger partial charge in [0, 0.05) is 10.4 Å². The van der Waals surface area contributed by atoms with Gasteiger partial charge in [0.05, 0.1) is 6.54 Å². The average Bonchev–Trinajstić information content (AvgIpc) is 2.80. The summed E-state index contributed by atoms with van der Waals surface area (Å²) in [6.07, 6.45) is 0. The SMILES string of the molecule is Cl.O=C(NCc1cccs1)c1ccccc1. The van der Waals surface area contributed by atoms with Gasteiger partial charge in [-0.2, -0.15) is 0 Å². The molecule has 1 N–H and O–H groups in total. The Balaban J connectivity index is 0.00000128. The number of carbonyl (C=O) groups is 1. The quantitative estimate of drug-likeness (QED) is 0.895. The van der Waals surface area contributed by atoms with E-state index < -0.39 is 0 Å². The Bertz CT molecular complexity index is 428. The van der Waals surface area contributed by atoms with E-state index >= 15 is 0 Å². The molecule has 2 aromatic rings. The van der Waals surface area contributed by atoms with Crippen LogP contribution in [0, 0.1) is 0 Å². The Kier molecular flexibility index (Phi) is 5.02. The third kappa shape index (κ3) is 3.36. The molecule has 4 heteroatoms. The van der Waals surface area contributed by atoms with Crippen LogP contribution in [-0.2, 0) is 6.54 Å². The van der Waals surface area contributed by atoms with Crippen LogP contribution in [0.2, 0.25) is 0 Å². The van der Waals surface area contributed by atoms with E-state index in [1.165, 1.54) is 4.88 Å². The second kappa shape index (κ2) is 6.30. The fourth-order valence-electron chi connectivity index (χ4n) is 1.27. The van der Waals surface area contributed by atoms with Gasteiger partial charge < -0.3 is 5.32 Å². The van der Waals surface area contributed by atoms with Gasteiger partial charge in [-0.1, -0.05) is 24.3 Å². The van der Waals surface area contributed by atoms with Crippen LogP contribution >= 0.6 is 23.7 Å². The molecule has 1 aromatic carbocycles. The normalized spacial score (nSPS) is 9.25. The largest absolute Gasteiger partial charge is 0.347 e. The monoisotopic (exact) mass is 253 g/mol. The average molecular weight is 254 g/mol. The van der Waals surface area contributed by atoms with E-state index in [9.17, 15) is 4.79 Å². The van der Waals surface area contributed by atoms with Crippen LogP contribution in [0.25, 0.3) is 0 Å². The molecule has 0 saturated heterocycles. The van der Waals surface area contributed by atoms with Crippen molar-refractivity contribution in [1.82, 2.24) is 5.32 Å². The first-order valence-electron chi connectivity index (χ1n) is 4.72. The molecular formula is C12H12ClNOS. The highest BCUT2D eigenvalue weighted by molar-refractivity contribution is 7.09. The number of amides is 1. The number of halogens is 1. The highest BCUT2D eigenvalue weighted by Crippen LogP contribution is 2.08. The summed E-state index contributed by atoms with van der Waals surface area (Å²) >= 11 is 1.65. The van der Waals surface area contributed by atoms with Gasteiger partial charge in [0.2, 0.25) is 0 Å². The number of rotatable bonds is 3. The Morgan fingerprint density at radius 2 is 1.88 bits per heavy atom. The van der Waals surface area contributed by atoms with Crippen molar-refractivity contribution in [3.05, 3.63) is 58.3 Å². The van der Waals surface area contributed by atoms with Crippen LogP contribution in [0.5, 0.6) is 0 Å². The molecule has 0 bridgehead atoms. The second-order valence-electron chi connectivity index (χ2n) is 3.13. The summed E-state index contributed by atoms with van der Waals surface area (Å²) in [5.41, 5.74) is 0.703. The number of hydrogen-bond donors (Lipinski definition) is 1. The second-order valence-corrected chi connectivity index (χ2v) is 4.16. The molecular weight excluding hydrogens is 242 g/mol. The van der Waals surface area contributed by atoms with Gasteiger partial charge in [0.25, 0.3) is 5.91 Å². The summed E-state index contributed by atoms with van der Waals surface area (Å²) in [7, 11) is 0. The molecule has 0 atom stereocenters. The molecule has 0 saturated carbocycles. The van der Waals surface area contributed by atoms with Crippen molar-refractivity contribution in [3.8, 4) is 0 Å². The highest BCUT2D eigenvalue weighted by atomic mass is 35.5. The molecule has 1 heterocycles. The number of hydrogen-bond acceptors (Lipinski definition) is 2. The van der Waals surface area contributed by atoms with Crippen LogP contribution < -0.4 is 5.32 Å². The van der Waals surface area contributed by atoms with E-state index in [2.05, 4.69) is 5.32 Å². The number of nitrogens with one attached hydrogen (secondary N) is 1. The van der Waals surface area contributed by atoms with Crippen molar-refractivity contribution < 1.29 is 4.79 Å². The number of thiophene rings is 1. The van der Waals surface area contributed by atoms with E-state index in [0.29, 0.717) is 12.1 Å². The van der Waals surface area contributed by atoms with Crippen molar-refractivity contribution in [2.75, 3.05) is 0 Å². The maximum absolute atomic E-state index is 11.6. The minimum Gasteiger partial charge on any atom is -0.347 e. The van der Waals surface area contributed by atoms with Crippen LogP contribution in [-0.4, -0.2) is 5.91 Å². The summed E-state index contributed by atoms with van der Waals surface area (Å²) in [5, 5.41) is 4.88. The molecule has 0 unspecified atom stereocenters. The standard InChI is InChI=1S/C12H11NOS.ClH/c14-12(10-5-2-1-3-6-10)13-9-11-7-4-8-15-11;/h1-8H,9H2,(H,13,14);1H. The molecule has 2 nitrogen and oxygen atoms in total. The summed E-state index contributed by atoms with van der Waals surface area (Å²) in [6, 6.07) is 13.2. The van der Waals surface area contributed by atoms with Crippen LogP contribution in [0.1, 0.15) is 15.2 Å². The molecule has 0 aliphatic carbocycles. The van der Waals surface area contributed by atoms with Crippen molar-refractivity contribution in [2.45, 2.75) is 6.54 Å². The lowest BCUT2D eigenvalue weighted by Crippen LogP contribution is -2.22. The topological polar surface area (TPSA) is 29.1 Å². The van der Waals surface area contributed by atoms with Crippen molar-refractivity contribution >= 4 is 29.7 Å². The Labute approximate surface area is 105 Å². The lowest BCUT2D eigenvalue weighted by Gasteiger charge is -2.02. The molecule has 1 aromatic heterocycles. The summed E-state index contributed by atoms with van der Waals surface area (Å²) < 4.78 is 0. The third-order valence-corrected chi connectivity index (χ3v) is 2.92. The van der Waals surface area contributed by atoms with Crippen LogP contribution in [0.3, 0.4) is 0 Å². The predicted molar refractivity (Wildman–Crippen MR) is 69.2 cm³/mol. The molecule has 0 radical (unpaired) electrons. The fourth-order valence-corrected chi connectivity index (χ4v) is 1.92. The van der Waals surface area contributed by atoms with E-state index in [0.717, 1.165) is 0 Å². The lowest BCUT2D eigenvalue weighted by molar-refractivity contribution is 0.0951. The highest BCUT2D eigenvalue weighted by Gasteiger charge is 2.03. The summed E-state index contributed by atoms with van der Waals surface area (Å²) in [4.78, 5) is 12.8. The maximum Gasteiger partial charge on any atom is 0.251 e. The molecule has 0 fully saturated rings. The lowest BCUT2D eigenvalue weighted by atomic mass is 10.2. The Morgan fingerprint density at radius 3 is 2.50 bits per heavy atom. The molecule has 16 heavy (non-hydrogen) atoms. The maximum atomic E-state index is 11.6. The van der Waals surface area contributed by atoms with Gasteiger partial charge in [0.1, 0.15) is 0 Å². The molecule has 0 aliphatic heterocycles. The van der Waals surface area contributed by atoms with Gasteiger partial charge in [-0.3, -0.25) is 4.79 Å². The molecule has 2 rings (SSSR count). The smallest absolute Gasteiger partial charge is 0.251 e. The minimum atomic E-state index is -0.0241. The third-order valence-electron chi connectivity index (χ3n) is 2.04. The summed E-state index contributed by atoms with van der Waals surface area (Å²) in [6.45, 7) is 0.603. The van der Waals surface area contributed by atoms with Gasteiger partial charge in [-0.15, -0.1) is 23.7 Å². The fraction of sp³-hybridized carbons (Fsp3) is 0.0833. The molecule has 0 spiro atoms. The molecule has 0 aliphatic rings. The molecule has 1 amide bonds. The van der Waals surface area contributed by atoms with Crippen LogP contribution in [0.4, 0.5) is 0 Å². The molecule has 84 valence electrons. The van der Waals surface area contributed by atoms with E-state index in [1.807, 2.05) is 47.8 Å². The Morgan fingerprint density at radius 1 is 1.12 bits per heavy atom. The van der Waals surface area contributed by atoms with Crippen molar-refractivity contribution in [3.63, 3.8) is 0 Å². The van der Waals surface area contributed by atoms with Gasteiger partial charge >= 0.3 is 0 Å². The summed E-state index contributed by atoms with van der Waals surface area (Å²) in [5.74, 6) is -0.0241. The van der Waals surface area contributed by atoms with Gasteiger partial charge in [-0.05, 0) is 23.6 Å². The number of carbonyl (C=O) groups excluding carboxylic acids is 1. The van der Waals surface area contributed by atoms with Gasteiger partial charge in [-0.25, -0.2) is 0 Å². The predicted octanol–water partition coefficient (Wildman–Crippen LogP) is 3.10. The van der Waals surface area contributed by atoms with Crippen molar-refractivity contribution in [1.29, 1.82) is 0 Å². The Hall–Kier alpha value is -1.32. The first-order valence-corrected chi connectivity index (χ1v) is 5.60. The minimum absolute atomic E-state index is 0.